The molecule has 15 heavy (non-hydrogen) atoms. The van der Waals surface area contributed by atoms with Crippen molar-refractivity contribution in [3.63, 3.8) is 0 Å². The second kappa shape index (κ2) is 5.50. The van der Waals surface area contributed by atoms with E-state index in [1.165, 1.54) is 0 Å². The Morgan fingerprint density at radius 3 is 2.80 bits per heavy atom. The van der Waals surface area contributed by atoms with Gasteiger partial charge in [-0.15, -0.1) is 0 Å². The van der Waals surface area contributed by atoms with Crippen LogP contribution in [0, 0.1) is 11.3 Å². The third-order valence-electron chi connectivity index (χ3n) is 1.99. The maximum atomic E-state index is 9.75. The first-order valence-corrected chi connectivity index (χ1v) is 4.93. The minimum Gasteiger partial charge on any atom is -0.386 e. The van der Waals surface area contributed by atoms with E-state index in [1.54, 1.807) is 24.3 Å². The Morgan fingerprint density at radius 1 is 1.47 bits per heavy atom. The first kappa shape index (κ1) is 11.7. The first-order valence-electron chi connectivity index (χ1n) is 4.93. The molecule has 1 unspecified atom stereocenters. The van der Waals surface area contributed by atoms with Crippen LogP contribution >= 0.6 is 0 Å². The van der Waals surface area contributed by atoms with E-state index in [1.807, 2.05) is 19.9 Å². The number of aliphatic hydroxyl groups is 1. The average Bonchev–Trinajstić information content (AvgIpc) is 2.26. The van der Waals surface area contributed by atoms with Gasteiger partial charge >= 0.3 is 0 Å². The molecule has 0 aromatic heterocycles. The predicted octanol–water partition coefficient (Wildman–Crippen LogP) is 2.02. The molecule has 1 aromatic carbocycles. The van der Waals surface area contributed by atoms with Crippen molar-refractivity contribution in [2.45, 2.75) is 26.1 Å². The molecule has 0 aliphatic rings. The Hall–Kier alpha value is -1.37. The van der Waals surface area contributed by atoms with E-state index in [2.05, 4.69) is 0 Å². The summed E-state index contributed by atoms with van der Waals surface area (Å²) < 4.78 is 5.30. The third-order valence-corrected chi connectivity index (χ3v) is 1.99. The molecule has 0 aliphatic heterocycles. The molecule has 0 saturated heterocycles. The molecule has 1 N–H and O–H groups in total. The third kappa shape index (κ3) is 3.70. The Balaban J connectivity index is 2.65. The summed E-state index contributed by atoms with van der Waals surface area (Å²) in [6.45, 7) is 4.09. The number of aliphatic hydroxyl groups excluding tert-OH is 1. The van der Waals surface area contributed by atoms with Gasteiger partial charge in [-0.2, -0.15) is 5.26 Å². The van der Waals surface area contributed by atoms with Crippen LogP contribution in [0.15, 0.2) is 24.3 Å². The zero-order valence-electron chi connectivity index (χ0n) is 8.97. The number of rotatable bonds is 4. The summed E-state index contributed by atoms with van der Waals surface area (Å²) in [5.74, 6) is 0. The molecule has 0 fully saturated rings. The lowest BCUT2D eigenvalue weighted by Crippen LogP contribution is -2.11. The molecular weight excluding hydrogens is 190 g/mol. The van der Waals surface area contributed by atoms with Crippen LogP contribution in [-0.2, 0) is 4.74 Å². The van der Waals surface area contributed by atoms with Gasteiger partial charge in [0, 0.05) is 0 Å². The van der Waals surface area contributed by atoms with Crippen molar-refractivity contribution in [3.05, 3.63) is 35.4 Å². The van der Waals surface area contributed by atoms with Crippen LogP contribution in [0.4, 0.5) is 0 Å². The molecule has 1 rings (SSSR count). The zero-order chi connectivity index (χ0) is 11.3. The highest BCUT2D eigenvalue weighted by Gasteiger charge is 2.08. The van der Waals surface area contributed by atoms with Gasteiger partial charge in [-0.3, -0.25) is 0 Å². The van der Waals surface area contributed by atoms with Gasteiger partial charge in [0.1, 0.15) is 6.10 Å². The quantitative estimate of drug-likeness (QED) is 0.818. The summed E-state index contributed by atoms with van der Waals surface area (Å²) in [6, 6.07) is 8.96. The molecule has 0 spiro atoms. The van der Waals surface area contributed by atoms with Crippen LogP contribution in [-0.4, -0.2) is 17.8 Å². The van der Waals surface area contributed by atoms with Gasteiger partial charge in [0.25, 0.3) is 0 Å². The maximum Gasteiger partial charge on any atom is 0.102 e. The SMILES string of the molecule is CC(C)OCC(O)c1cccc(C#N)c1. The number of benzene rings is 1. The van der Waals surface area contributed by atoms with Gasteiger partial charge in [0.15, 0.2) is 0 Å². The molecule has 1 aromatic rings. The Bertz CT molecular complexity index is 355. The molecule has 1 atom stereocenters. The zero-order valence-corrected chi connectivity index (χ0v) is 8.97. The lowest BCUT2D eigenvalue weighted by molar-refractivity contribution is 0.00492. The van der Waals surface area contributed by atoms with E-state index in [4.69, 9.17) is 10.00 Å². The van der Waals surface area contributed by atoms with Gasteiger partial charge in [-0.1, -0.05) is 12.1 Å². The molecule has 3 nitrogen and oxygen atoms in total. The van der Waals surface area contributed by atoms with E-state index in [9.17, 15) is 5.11 Å². The van der Waals surface area contributed by atoms with E-state index in [-0.39, 0.29) is 12.7 Å². The fourth-order valence-electron chi connectivity index (χ4n) is 1.20. The van der Waals surface area contributed by atoms with E-state index >= 15 is 0 Å². The fraction of sp³-hybridized carbons (Fsp3) is 0.417. The summed E-state index contributed by atoms with van der Waals surface area (Å²) in [7, 11) is 0. The van der Waals surface area contributed by atoms with Crippen molar-refractivity contribution < 1.29 is 9.84 Å². The van der Waals surface area contributed by atoms with Crippen LogP contribution in [0.5, 0.6) is 0 Å². The van der Waals surface area contributed by atoms with Crippen molar-refractivity contribution in [3.8, 4) is 6.07 Å². The summed E-state index contributed by atoms with van der Waals surface area (Å²) >= 11 is 0. The number of nitrogens with zero attached hydrogens (tertiary/aromatic N) is 1. The van der Waals surface area contributed by atoms with Gasteiger partial charge in [0.05, 0.1) is 24.3 Å². The van der Waals surface area contributed by atoms with Gasteiger partial charge in [0.2, 0.25) is 0 Å². The Labute approximate surface area is 89.9 Å². The van der Waals surface area contributed by atoms with Crippen molar-refractivity contribution in [1.82, 2.24) is 0 Å². The smallest absolute Gasteiger partial charge is 0.102 e. The topological polar surface area (TPSA) is 53.2 Å². The summed E-state index contributed by atoms with van der Waals surface area (Å²) in [6.07, 6.45) is -0.570. The summed E-state index contributed by atoms with van der Waals surface area (Å²) in [5.41, 5.74) is 1.27. The summed E-state index contributed by atoms with van der Waals surface area (Å²) in [5, 5.41) is 18.5. The van der Waals surface area contributed by atoms with E-state index in [0.717, 1.165) is 5.56 Å². The average molecular weight is 205 g/mol. The van der Waals surface area contributed by atoms with Crippen molar-refractivity contribution in [1.29, 1.82) is 5.26 Å². The molecular formula is C12H15NO2. The van der Waals surface area contributed by atoms with Crippen LogP contribution in [0.25, 0.3) is 0 Å². The minimum atomic E-state index is -0.666. The monoisotopic (exact) mass is 205 g/mol. The Morgan fingerprint density at radius 2 is 2.20 bits per heavy atom. The van der Waals surface area contributed by atoms with Crippen LogP contribution < -0.4 is 0 Å². The van der Waals surface area contributed by atoms with Crippen molar-refractivity contribution in [2.24, 2.45) is 0 Å². The van der Waals surface area contributed by atoms with Gasteiger partial charge < -0.3 is 9.84 Å². The number of hydrogen-bond acceptors (Lipinski definition) is 3. The fourth-order valence-corrected chi connectivity index (χ4v) is 1.20. The van der Waals surface area contributed by atoms with E-state index in [0.29, 0.717) is 5.56 Å². The number of hydrogen-bond donors (Lipinski definition) is 1. The van der Waals surface area contributed by atoms with Crippen molar-refractivity contribution in [2.75, 3.05) is 6.61 Å². The minimum absolute atomic E-state index is 0.0961. The van der Waals surface area contributed by atoms with Gasteiger partial charge in [-0.25, -0.2) is 0 Å². The summed E-state index contributed by atoms with van der Waals surface area (Å²) in [4.78, 5) is 0. The molecule has 3 heteroatoms. The van der Waals surface area contributed by atoms with Crippen molar-refractivity contribution >= 4 is 0 Å². The first-order chi connectivity index (χ1) is 7.13. The van der Waals surface area contributed by atoms with Crippen LogP contribution in [0.2, 0.25) is 0 Å². The lowest BCUT2D eigenvalue weighted by atomic mass is 10.1. The van der Waals surface area contributed by atoms with Crippen LogP contribution in [0.3, 0.4) is 0 Å². The lowest BCUT2D eigenvalue weighted by Gasteiger charge is -2.13. The Kier molecular flexibility index (Phi) is 4.29. The molecule has 80 valence electrons. The highest BCUT2D eigenvalue weighted by molar-refractivity contribution is 5.33. The predicted molar refractivity (Wildman–Crippen MR) is 57.2 cm³/mol. The molecule has 0 amide bonds. The molecule has 0 aliphatic carbocycles. The highest BCUT2D eigenvalue weighted by Crippen LogP contribution is 2.15. The molecule has 0 radical (unpaired) electrons. The molecule has 0 heterocycles. The standard InChI is InChI=1S/C12H15NO2/c1-9(2)15-8-12(14)11-5-3-4-10(6-11)7-13/h3-6,9,12,14H,8H2,1-2H3. The molecule has 0 saturated carbocycles. The highest BCUT2D eigenvalue weighted by atomic mass is 16.5. The largest absolute Gasteiger partial charge is 0.386 e. The normalized spacial score (nSPS) is 12.5. The molecule has 0 bridgehead atoms. The number of nitriles is 1. The van der Waals surface area contributed by atoms with E-state index < -0.39 is 6.10 Å². The van der Waals surface area contributed by atoms with Crippen LogP contribution in [0.1, 0.15) is 31.1 Å². The second-order valence-electron chi connectivity index (χ2n) is 3.64. The number of ether oxygens (including phenoxy) is 1. The maximum absolute atomic E-state index is 9.75. The second-order valence-corrected chi connectivity index (χ2v) is 3.64. The van der Waals surface area contributed by atoms with Gasteiger partial charge in [-0.05, 0) is 31.5 Å².